The number of hydrogen-bond donors (Lipinski definition) is 0. The second kappa shape index (κ2) is 7.52. The lowest BCUT2D eigenvalue weighted by Crippen LogP contribution is -2.51. The quantitative estimate of drug-likeness (QED) is 0.776. The number of fused-ring (bicyclic) bond motifs is 1. The van der Waals surface area contributed by atoms with E-state index in [9.17, 15) is 9.59 Å². The van der Waals surface area contributed by atoms with Crippen molar-refractivity contribution in [3.8, 4) is 0 Å². The lowest BCUT2D eigenvalue weighted by atomic mass is 9.97. The number of likely N-dealkylation sites (tertiary alicyclic amines) is 1. The highest BCUT2D eigenvalue weighted by molar-refractivity contribution is 5.88. The molecule has 0 aliphatic carbocycles. The van der Waals surface area contributed by atoms with E-state index in [1.165, 1.54) is 0 Å². The first kappa shape index (κ1) is 18.5. The minimum atomic E-state index is -0.772. The van der Waals surface area contributed by atoms with Gasteiger partial charge >= 0.3 is 5.97 Å². The molecule has 1 aliphatic rings. The van der Waals surface area contributed by atoms with Gasteiger partial charge in [-0.3, -0.25) is 9.59 Å². The number of carbonyl (C=O) groups is 2. The number of piperidine rings is 1. The predicted octanol–water partition coefficient (Wildman–Crippen LogP) is 4.00. The second-order valence-electron chi connectivity index (χ2n) is 7.44. The second-order valence-corrected chi connectivity index (χ2v) is 7.44. The Hall–Kier alpha value is -2.30. The van der Waals surface area contributed by atoms with Gasteiger partial charge in [-0.05, 0) is 58.6 Å². The Morgan fingerprint density at radius 1 is 1.27 bits per heavy atom. The van der Waals surface area contributed by atoms with Crippen LogP contribution in [0.15, 0.2) is 28.9 Å². The van der Waals surface area contributed by atoms with Crippen LogP contribution in [0, 0.1) is 6.92 Å². The molecule has 3 atom stereocenters. The molecule has 3 rings (SSSR count). The highest BCUT2D eigenvalue weighted by Gasteiger charge is 2.33. The molecule has 0 bridgehead atoms. The van der Waals surface area contributed by atoms with Crippen LogP contribution in [0.2, 0.25) is 0 Å². The highest BCUT2D eigenvalue weighted by atomic mass is 16.5. The van der Waals surface area contributed by atoms with Crippen molar-refractivity contribution in [1.29, 1.82) is 0 Å². The van der Waals surface area contributed by atoms with E-state index in [1.54, 1.807) is 13.2 Å². The number of amides is 1. The summed E-state index contributed by atoms with van der Waals surface area (Å²) in [7, 11) is 0. The number of rotatable bonds is 4. The summed E-state index contributed by atoms with van der Waals surface area (Å²) in [5, 5.41) is 0.907. The fourth-order valence-corrected chi connectivity index (χ4v) is 3.84. The van der Waals surface area contributed by atoms with Crippen molar-refractivity contribution >= 4 is 22.8 Å². The molecular formula is C21H27NO4. The molecular weight excluding hydrogens is 330 g/mol. The van der Waals surface area contributed by atoms with E-state index < -0.39 is 12.1 Å². The molecule has 1 fully saturated rings. The topological polar surface area (TPSA) is 59.8 Å². The standard InChI is InChI=1S/C21H27NO4/c1-13-8-9-18-17(12-25-19(18)10-13)11-20(23)26-16(4)21(24)22-14(2)6-5-7-15(22)3/h8-10,12,14-16H,5-7,11H2,1-4H3/t14-,15+,16-/m0/s1. The van der Waals surface area contributed by atoms with Crippen LogP contribution in [0.1, 0.15) is 51.2 Å². The Balaban J connectivity index is 1.64. The molecule has 1 aromatic carbocycles. The third kappa shape index (κ3) is 3.76. The highest BCUT2D eigenvalue weighted by Crippen LogP contribution is 2.25. The van der Waals surface area contributed by atoms with Gasteiger partial charge in [0.1, 0.15) is 5.58 Å². The molecule has 5 heteroatoms. The summed E-state index contributed by atoms with van der Waals surface area (Å²) in [4.78, 5) is 27.0. The van der Waals surface area contributed by atoms with Crippen LogP contribution in [-0.4, -0.2) is 35.0 Å². The number of benzene rings is 1. The Kier molecular flexibility index (Phi) is 5.35. The van der Waals surface area contributed by atoms with E-state index in [0.29, 0.717) is 0 Å². The first-order valence-electron chi connectivity index (χ1n) is 9.35. The third-order valence-corrected chi connectivity index (χ3v) is 5.25. The van der Waals surface area contributed by atoms with Crippen LogP contribution < -0.4 is 0 Å². The van der Waals surface area contributed by atoms with Crippen LogP contribution in [0.5, 0.6) is 0 Å². The largest absolute Gasteiger partial charge is 0.464 e. The van der Waals surface area contributed by atoms with Crippen LogP contribution in [0.4, 0.5) is 0 Å². The summed E-state index contributed by atoms with van der Waals surface area (Å²) in [6.07, 6.45) is 4.04. The number of carbonyl (C=O) groups excluding carboxylic acids is 2. The van der Waals surface area contributed by atoms with Gasteiger partial charge in [-0.2, -0.15) is 0 Å². The molecule has 0 radical (unpaired) electrons. The molecule has 2 heterocycles. The zero-order chi connectivity index (χ0) is 18.8. The average Bonchev–Trinajstić information content (AvgIpc) is 2.96. The first-order valence-corrected chi connectivity index (χ1v) is 9.35. The number of nitrogens with zero attached hydrogens (tertiary/aromatic N) is 1. The summed E-state index contributed by atoms with van der Waals surface area (Å²) in [5.41, 5.74) is 2.64. The Morgan fingerprint density at radius 2 is 1.96 bits per heavy atom. The molecule has 0 spiro atoms. The van der Waals surface area contributed by atoms with Crippen LogP contribution >= 0.6 is 0 Å². The van der Waals surface area contributed by atoms with Crippen LogP contribution in [-0.2, 0) is 20.7 Å². The van der Waals surface area contributed by atoms with Gasteiger partial charge in [-0.25, -0.2) is 0 Å². The van der Waals surface area contributed by atoms with E-state index in [-0.39, 0.29) is 24.4 Å². The molecule has 140 valence electrons. The number of ether oxygens (including phenoxy) is 1. The van der Waals surface area contributed by atoms with Gasteiger partial charge < -0.3 is 14.1 Å². The maximum Gasteiger partial charge on any atom is 0.311 e. The summed E-state index contributed by atoms with van der Waals surface area (Å²) in [6.45, 7) is 7.76. The van der Waals surface area contributed by atoms with Crippen molar-refractivity contribution in [2.45, 2.75) is 71.6 Å². The third-order valence-electron chi connectivity index (χ3n) is 5.25. The summed E-state index contributed by atoms with van der Waals surface area (Å²) < 4.78 is 11.0. The number of aryl methyl sites for hydroxylation is 1. The van der Waals surface area contributed by atoms with Crippen LogP contribution in [0.3, 0.4) is 0 Å². The van der Waals surface area contributed by atoms with E-state index >= 15 is 0 Å². The molecule has 26 heavy (non-hydrogen) atoms. The van der Waals surface area contributed by atoms with E-state index in [2.05, 4.69) is 13.8 Å². The zero-order valence-corrected chi connectivity index (χ0v) is 16.0. The molecule has 0 saturated carbocycles. The number of furan rings is 1. The van der Waals surface area contributed by atoms with E-state index in [0.717, 1.165) is 41.4 Å². The molecule has 1 amide bonds. The maximum absolute atomic E-state index is 12.7. The van der Waals surface area contributed by atoms with Gasteiger partial charge in [0, 0.05) is 23.0 Å². The Labute approximate surface area is 154 Å². The van der Waals surface area contributed by atoms with Crippen LogP contribution in [0.25, 0.3) is 11.0 Å². The van der Waals surface area contributed by atoms with E-state index in [1.807, 2.05) is 30.0 Å². The van der Waals surface area contributed by atoms with Crippen molar-refractivity contribution < 1.29 is 18.7 Å². The number of hydrogen-bond acceptors (Lipinski definition) is 4. The van der Waals surface area contributed by atoms with Gasteiger partial charge in [0.05, 0.1) is 12.7 Å². The average molecular weight is 357 g/mol. The zero-order valence-electron chi connectivity index (χ0n) is 16.0. The monoisotopic (exact) mass is 357 g/mol. The van der Waals surface area contributed by atoms with Gasteiger partial charge in [0.2, 0.25) is 0 Å². The molecule has 1 saturated heterocycles. The first-order chi connectivity index (χ1) is 12.4. The molecule has 0 N–H and O–H groups in total. The molecule has 5 nitrogen and oxygen atoms in total. The predicted molar refractivity (Wildman–Crippen MR) is 99.8 cm³/mol. The minimum absolute atomic E-state index is 0.0960. The van der Waals surface area contributed by atoms with Crippen molar-refractivity contribution in [1.82, 2.24) is 4.90 Å². The SMILES string of the molecule is Cc1ccc2c(CC(=O)O[C@@H](C)C(=O)N3[C@H](C)CCC[C@@H]3C)coc2c1. The van der Waals surface area contributed by atoms with Gasteiger partial charge in [-0.1, -0.05) is 12.1 Å². The Bertz CT molecular complexity index is 799. The summed E-state index contributed by atoms with van der Waals surface area (Å²) >= 11 is 0. The van der Waals surface area contributed by atoms with Crippen molar-refractivity contribution in [3.63, 3.8) is 0 Å². The maximum atomic E-state index is 12.7. The van der Waals surface area contributed by atoms with Gasteiger partial charge in [0.25, 0.3) is 5.91 Å². The van der Waals surface area contributed by atoms with Gasteiger partial charge in [-0.15, -0.1) is 0 Å². The fraction of sp³-hybridized carbons (Fsp3) is 0.524. The van der Waals surface area contributed by atoms with Gasteiger partial charge in [0.15, 0.2) is 6.10 Å². The summed E-state index contributed by atoms with van der Waals surface area (Å²) in [6, 6.07) is 6.25. The van der Waals surface area contributed by atoms with Crippen molar-refractivity contribution in [3.05, 3.63) is 35.6 Å². The minimum Gasteiger partial charge on any atom is -0.464 e. The molecule has 2 aromatic rings. The summed E-state index contributed by atoms with van der Waals surface area (Å²) in [5.74, 6) is -0.517. The number of esters is 1. The molecule has 0 unspecified atom stereocenters. The lowest BCUT2D eigenvalue weighted by Gasteiger charge is -2.40. The smallest absolute Gasteiger partial charge is 0.311 e. The Morgan fingerprint density at radius 3 is 2.65 bits per heavy atom. The fourth-order valence-electron chi connectivity index (χ4n) is 3.84. The lowest BCUT2D eigenvalue weighted by molar-refractivity contribution is -0.161. The van der Waals surface area contributed by atoms with Crippen molar-refractivity contribution in [2.24, 2.45) is 0 Å². The molecule has 1 aliphatic heterocycles. The van der Waals surface area contributed by atoms with E-state index in [4.69, 9.17) is 9.15 Å². The normalized spacial score (nSPS) is 21.6. The van der Waals surface area contributed by atoms with Crippen molar-refractivity contribution in [2.75, 3.05) is 0 Å². The molecule has 1 aromatic heterocycles.